The average molecular weight is 664 g/mol. The molecule has 2 heterocycles. The van der Waals surface area contributed by atoms with E-state index in [1.165, 1.54) is 0 Å². The predicted octanol–water partition coefficient (Wildman–Crippen LogP) is 9.40. The van der Waals surface area contributed by atoms with E-state index in [1.807, 2.05) is 60.7 Å². The number of furan rings is 2. The van der Waals surface area contributed by atoms with Crippen LogP contribution in [0.3, 0.4) is 0 Å². The van der Waals surface area contributed by atoms with E-state index in [-0.39, 0.29) is 24.3 Å². The smallest absolute Gasteiger partial charge is 0.342 e. The maximum atomic E-state index is 13.0. The molecule has 5 aromatic rings. The van der Waals surface area contributed by atoms with Crippen LogP contribution in [0.15, 0.2) is 78.4 Å². The van der Waals surface area contributed by atoms with Gasteiger partial charge in [0.15, 0.2) is 0 Å². The SMILES string of the molecule is CCOC(=O)c1c(/C=C/c2ccc(Br)cc2)oc2cc3c(C(=O)OCC)c(/C=C/c4ccc(Br)cc4)oc3cc12. The van der Waals surface area contributed by atoms with Crippen molar-refractivity contribution >= 4 is 90.0 Å². The van der Waals surface area contributed by atoms with Crippen LogP contribution in [0.5, 0.6) is 0 Å². The Morgan fingerprint density at radius 2 is 1.02 bits per heavy atom. The number of hydrogen-bond acceptors (Lipinski definition) is 6. The van der Waals surface area contributed by atoms with Gasteiger partial charge in [-0.3, -0.25) is 0 Å². The molecule has 0 atom stereocenters. The molecule has 0 fully saturated rings. The molecule has 0 aliphatic heterocycles. The molecule has 0 saturated carbocycles. The van der Waals surface area contributed by atoms with Crippen LogP contribution in [-0.4, -0.2) is 25.2 Å². The van der Waals surface area contributed by atoms with Crippen LogP contribution in [0.1, 0.15) is 57.2 Å². The molecule has 0 unspecified atom stereocenters. The van der Waals surface area contributed by atoms with Gasteiger partial charge < -0.3 is 18.3 Å². The van der Waals surface area contributed by atoms with E-state index < -0.39 is 11.9 Å². The molecule has 0 aliphatic carbocycles. The molecule has 0 spiro atoms. The highest BCUT2D eigenvalue weighted by Crippen LogP contribution is 2.36. The summed E-state index contributed by atoms with van der Waals surface area (Å²) in [6.45, 7) is 3.92. The molecule has 40 heavy (non-hydrogen) atoms. The van der Waals surface area contributed by atoms with Gasteiger partial charge in [-0.05, 0) is 73.5 Å². The van der Waals surface area contributed by atoms with E-state index in [4.69, 9.17) is 18.3 Å². The van der Waals surface area contributed by atoms with Crippen molar-refractivity contribution in [3.05, 3.63) is 103 Å². The van der Waals surface area contributed by atoms with Gasteiger partial charge in [0.1, 0.15) is 33.8 Å². The van der Waals surface area contributed by atoms with E-state index in [1.54, 1.807) is 38.1 Å². The third-order valence-corrected chi connectivity index (χ3v) is 7.16. The third-order valence-electron chi connectivity index (χ3n) is 6.11. The minimum atomic E-state index is -0.511. The molecule has 0 radical (unpaired) electrons. The molecular weight excluding hydrogens is 640 g/mol. The first kappa shape index (κ1) is 27.7. The topological polar surface area (TPSA) is 78.9 Å². The highest BCUT2D eigenvalue weighted by atomic mass is 79.9. The summed E-state index contributed by atoms with van der Waals surface area (Å²) in [5.41, 5.74) is 3.26. The van der Waals surface area contributed by atoms with Crippen molar-refractivity contribution in [2.24, 2.45) is 0 Å². The average Bonchev–Trinajstić information content (AvgIpc) is 3.48. The maximum Gasteiger partial charge on any atom is 0.342 e. The zero-order valence-corrected chi connectivity index (χ0v) is 24.9. The molecule has 0 amide bonds. The summed E-state index contributed by atoms with van der Waals surface area (Å²) < 4.78 is 24.9. The van der Waals surface area contributed by atoms with Crippen LogP contribution in [0.4, 0.5) is 0 Å². The van der Waals surface area contributed by atoms with Gasteiger partial charge in [0.2, 0.25) is 0 Å². The largest absolute Gasteiger partial charge is 0.462 e. The van der Waals surface area contributed by atoms with Crippen molar-refractivity contribution in [1.29, 1.82) is 0 Å². The summed E-state index contributed by atoms with van der Waals surface area (Å²) in [6.07, 6.45) is 7.17. The first-order chi connectivity index (χ1) is 19.4. The van der Waals surface area contributed by atoms with Crippen molar-refractivity contribution < 1.29 is 27.9 Å². The summed E-state index contributed by atoms with van der Waals surface area (Å²) in [7, 11) is 0. The summed E-state index contributed by atoms with van der Waals surface area (Å²) in [5.74, 6) is -0.332. The Morgan fingerprint density at radius 1 is 0.650 bits per heavy atom. The zero-order chi connectivity index (χ0) is 28.2. The van der Waals surface area contributed by atoms with Gasteiger partial charge in [0, 0.05) is 19.7 Å². The second kappa shape index (κ2) is 12.1. The Morgan fingerprint density at radius 3 is 1.38 bits per heavy atom. The monoisotopic (exact) mass is 662 g/mol. The minimum absolute atomic E-state index is 0.211. The molecule has 0 bridgehead atoms. The zero-order valence-electron chi connectivity index (χ0n) is 21.7. The van der Waals surface area contributed by atoms with Gasteiger partial charge in [-0.2, -0.15) is 0 Å². The molecule has 6 nitrogen and oxygen atoms in total. The summed E-state index contributed by atoms with van der Waals surface area (Å²) in [5, 5.41) is 1.04. The lowest BCUT2D eigenvalue weighted by Gasteiger charge is -2.01. The van der Waals surface area contributed by atoms with Crippen LogP contribution < -0.4 is 0 Å². The molecule has 5 rings (SSSR count). The number of ether oxygens (including phenoxy) is 2. The lowest BCUT2D eigenvalue weighted by atomic mass is 10.1. The molecule has 3 aromatic carbocycles. The Labute approximate surface area is 247 Å². The van der Waals surface area contributed by atoms with Crippen LogP contribution >= 0.6 is 31.9 Å². The van der Waals surface area contributed by atoms with E-state index in [0.29, 0.717) is 33.5 Å². The normalized spacial score (nSPS) is 11.7. The van der Waals surface area contributed by atoms with E-state index >= 15 is 0 Å². The maximum absolute atomic E-state index is 13.0. The number of carbonyl (C=O) groups is 2. The van der Waals surface area contributed by atoms with Crippen molar-refractivity contribution in [3.8, 4) is 0 Å². The fourth-order valence-corrected chi connectivity index (χ4v) is 4.81. The number of carbonyl (C=O) groups excluding carboxylic acids is 2. The lowest BCUT2D eigenvalue weighted by molar-refractivity contribution is 0.0517. The van der Waals surface area contributed by atoms with Crippen LogP contribution in [0.2, 0.25) is 0 Å². The first-order valence-corrected chi connectivity index (χ1v) is 14.2. The fraction of sp³-hybridized carbons (Fsp3) is 0.125. The van der Waals surface area contributed by atoms with Gasteiger partial charge >= 0.3 is 11.9 Å². The van der Waals surface area contributed by atoms with Crippen LogP contribution in [0.25, 0.3) is 46.2 Å². The molecule has 0 N–H and O–H groups in total. The van der Waals surface area contributed by atoms with Crippen molar-refractivity contribution in [2.45, 2.75) is 13.8 Å². The Hall–Kier alpha value is -3.88. The van der Waals surface area contributed by atoms with Gasteiger partial charge in [-0.25, -0.2) is 9.59 Å². The van der Waals surface area contributed by atoms with Crippen LogP contribution in [0, 0.1) is 0 Å². The summed E-state index contributed by atoms with van der Waals surface area (Å²) >= 11 is 6.87. The van der Waals surface area contributed by atoms with E-state index in [0.717, 1.165) is 20.1 Å². The second-order valence-electron chi connectivity index (χ2n) is 8.74. The summed E-state index contributed by atoms with van der Waals surface area (Å²) in [4.78, 5) is 26.1. The number of rotatable bonds is 8. The van der Waals surface area contributed by atoms with Gasteiger partial charge in [-0.15, -0.1) is 0 Å². The molecule has 0 saturated heterocycles. The van der Waals surface area contributed by atoms with Gasteiger partial charge in [-0.1, -0.05) is 68.3 Å². The molecular formula is C32H24Br2O6. The Bertz CT molecular complexity index is 1620. The Kier molecular flexibility index (Phi) is 8.38. The highest BCUT2D eigenvalue weighted by molar-refractivity contribution is 9.10. The number of fused-ring (bicyclic) bond motifs is 2. The fourth-order valence-electron chi connectivity index (χ4n) is 4.28. The quantitative estimate of drug-likeness (QED) is 0.154. The number of esters is 2. The molecule has 8 heteroatoms. The highest BCUT2D eigenvalue weighted by Gasteiger charge is 2.26. The van der Waals surface area contributed by atoms with E-state index in [9.17, 15) is 9.59 Å². The second-order valence-corrected chi connectivity index (χ2v) is 10.6. The number of halogens is 2. The first-order valence-electron chi connectivity index (χ1n) is 12.6. The Balaban J connectivity index is 1.65. The molecule has 202 valence electrons. The van der Waals surface area contributed by atoms with Crippen molar-refractivity contribution in [1.82, 2.24) is 0 Å². The third kappa shape index (κ3) is 5.83. The van der Waals surface area contributed by atoms with E-state index in [2.05, 4.69) is 31.9 Å². The summed E-state index contributed by atoms with van der Waals surface area (Å²) in [6, 6.07) is 18.9. The number of benzene rings is 3. The van der Waals surface area contributed by atoms with Gasteiger partial charge in [0.05, 0.1) is 13.2 Å². The molecule has 0 aliphatic rings. The lowest BCUT2D eigenvalue weighted by Crippen LogP contribution is -2.05. The van der Waals surface area contributed by atoms with Crippen molar-refractivity contribution in [3.63, 3.8) is 0 Å². The minimum Gasteiger partial charge on any atom is -0.462 e. The predicted molar refractivity (Wildman–Crippen MR) is 164 cm³/mol. The standard InChI is InChI=1S/C32H24Br2O6/c1-3-37-31(35)29-23-17-28-24(18-27(23)39-25(29)15-9-19-5-11-21(33)12-6-19)30(32(36)38-4-2)26(40-28)16-10-20-7-13-22(34)14-8-20/h5-18H,3-4H2,1-2H3/b15-9+,16-10+. The number of hydrogen-bond donors (Lipinski definition) is 0. The molecule has 2 aromatic heterocycles. The van der Waals surface area contributed by atoms with Crippen molar-refractivity contribution in [2.75, 3.05) is 13.2 Å². The van der Waals surface area contributed by atoms with Gasteiger partial charge in [0.25, 0.3) is 0 Å². The van der Waals surface area contributed by atoms with Crippen LogP contribution in [-0.2, 0) is 9.47 Å².